The van der Waals surface area contributed by atoms with Crippen LogP contribution in [0, 0.1) is 6.92 Å². The minimum Gasteiger partial charge on any atom is -0.352 e. The van der Waals surface area contributed by atoms with Gasteiger partial charge < -0.3 is 14.8 Å². The van der Waals surface area contributed by atoms with Crippen molar-refractivity contribution in [3.05, 3.63) is 53.6 Å². The Morgan fingerprint density at radius 1 is 1.21 bits per heavy atom. The summed E-state index contributed by atoms with van der Waals surface area (Å²) in [5.41, 5.74) is 1.89. The number of likely N-dealkylation sites (tertiary alicyclic amines) is 1. The molecule has 1 saturated heterocycles. The minimum atomic E-state index is 0.0155. The van der Waals surface area contributed by atoms with Crippen molar-refractivity contribution in [2.45, 2.75) is 32.7 Å². The summed E-state index contributed by atoms with van der Waals surface area (Å²) in [5, 5.41) is 3.02. The standard InChI is InChI=1S/C19H26N4O/c1-16-20-10-14-23(16)15-17-5-7-18(8-6-17)19(24)21-9-4-13-22-11-2-3-12-22/h5-8,10,14H,2-4,9,11-13,15H2,1H3,(H,21,24). The average Bonchev–Trinajstić information content (AvgIpc) is 3.25. The highest BCUT2D eigenvalue weighted by Crippen LogP contribution is 2.09. The van der Waals surface area contributed by atoms with Crippen molar-refractivity contribution >= 4 is 5.91 Å². The largest absolute Gasteiger partial charge is 0.352 e. The van der Waals surface area contributed by atoms with Crippen molar-refractivity contribution in [2.75, 3.05) is 26.2 Å². The van der Waals surface area contributed by atoms with E-state index in [0.29, 0.717) is 0 Å². The van der Waals surface area contributed by atoms with Crippen LogP contribution in [-0.4, -0.2) is 46.5 Å². The summed E-state index contributed by atoms with van der Waals surface area (Å²) >= 11 is 0. The molecule has 0 spiro atoms. The van der Waals surface area contributed by atoms with Crippen LogP contribution < -0.4 is 5.32 Å². The number of hydrogen-bond acceptors (Lipinski definition) is 3. The van der Waals surface area contributed by atoms with Crippen molar-refractivity contribution in [3.8, 4) is 0 Å². The van der Waals surface area contributed by atoms with E-state index < -0.39 is 0 Å². The summed E-state index contributed by atoms with van der Waals surface area (Å²) in [6, 6.07) is 7.83. The molecule has 0 aliphatic carbocycles. The molecule has 1 aromatic heterocycles. The van der Waals surface area contributed by atoms with Gasteiger partial charge in [-0.05, 0) is 63.5 Å². The van der Waals surface area contributed by atoms with E-state index in [9.17, 15) is 4.79 Å². The van der Waals surface area contributed by atoms with Gasteiger partial charge in [-0.2, -0.15) is 0 Å². The Hall–Kier alpha value is -2.14. The molecule has 1 aliphatic rings. The topological polar surface area (TPSA) is 50.2 Å². The van der Waals surface area contributed by atoms with Crippen LogP contribution in [0.2, 0.25) is 0 Å². The second-order valence-corrected chi connectivity index (χ2v) is 6.46. The normalized spacial score (nSPS) is 14.9. The van der Waals surface area contributed by atoms with Gasteiger partial charge in [0.05, 0.1) is 0 Å². The molecule has 2 heterocycles. The zero-order valence-corrected chi connectivity index (χ0v) is 14.4. The number of imidazole rings is 1. The lowest BCUT2D eigenvalue weighted by Crippen LogP contribution is -2.28. The first-order valence-electron chi connectivity index (χ1n) is 8.79. The van der Waals surface area contributed by atoms with Crippen LogP contribution in [0.1, 0.15) is 41.0 Å². The molecule has 5 nitrogen and oxygen atoms in total. The van der Waals surface area contributed by atoms with E-state index in [1.54, 1.807) is 6.20 Å². The number of benzene rings is 1. The van der Waals surface area contributed by atoms with E-state index in [-0.39, 0.29) is 5.91 Å². The molecule has 0 saturated carbocycles. The quantitative estimate of drug-likeness (QED) is 0.795. The molecule has 0 atom stereocenters. The molecule has 1 fully saturated rings. The number of carbonyl (C=O) groups is 1. The molecule has 128 valence electrons. The highest BCUT2D eigenvalue weighted by atomic mass is 16.1. The number of aryl methyl sites for hydroxylation is 1. The van der Waals surface area contributed by atoms with E-state index in [2.05, 4.69) is 19.8 Å². The number of aromatic nitrogens is 2. The van der Waals surface area contributed by atoms with Crippen LogP contribution in [0.3, 0.4) is 0 Å². The molecule has 0 unspecified atom stereocenters. The van der Waals surface area contributed by atoms with Gasteiger partial charge in [0.1, 0.15) is 5.82 Å². The predicted molar refractivity (Wildman–Crippen MR) is 95.1 cm³/mol. The van der Waals surface area contributed by atoms with Gasteiger partial charge in [-0.1, -0.05) is 12.1 Å². The summed E-state index contributed by atoms with van der Waals surface area (Å²) in [4.78, 5) is 18.9. The van der Waals surface area contributed by atoms with E-state index >= 15 is 0 Å². The number of rotatable bonds is 7. The highest BCUT2D eigenvalue weighted by Gasteiger charge is 2.11. The number of hydrogen-bond donors (Lipinski definition) is 1. The molecule has 1 aromatic carbocycles. The van der Waals surface area contributed by atoms with Gasteiger partial charge in [0, 0.05) is 31.0 Å². The number of nitrogens with zero attached hydrogens (tertiary/aromatic N) is 3. The molecule has 5 heteroatoms. The lowest BCUT2D eigenvalue weighted by molar-refractivity contribution is 0.0952. The average molecular weight is 326 g/mol. The van der Waals surface area contributed by atoms with Gasteiger partial charge in [-0.15, -0.1) is 0 Å². The van der Waals surface area contributed by atoms with Crippen LogP contribution in [0.5, 0.6) is 0 Å². The van der Waals surface area contributed by atoms with Gasteiger partial charge in [0.2, 0.25) is 0 Å². The fourth-order valence-electron chi connectivity index (χ4n) is 3.14. The molecule has 24 heavy (non-hydrogen) atoms. The van der Waals surface area contributed by atoms with Crippen LogP contribution >= 0.6 is 0 Å². The van der Waals surface area contributed by atoms with Crippen molar-refractivity contribution < 1.29 is 4.79 Å². The molecule has 0 bridgehead atoms. The summed E-state index contributed by atoms with van der Waals surface area (Å²) in [7, 11) is 0. The fraction of sp³-hybridized carbons (Fsp3) is 0.474. The fourth-order valence-corrected chi connectivity index (χ4v) is 3.14. The van der Waals surface area contributed by atoms with Gasteiger partial charge in [-0.25, -0.2) is 4.98 Å². The van der Waals surface area contributed by atoms with Gasteiger partial charge in [0.15, 0.2) is 0 Å². The van der Waals surface area contributed by atoms with E-state index in [1.165, 1.54) is 31.5 Å². The highest BCUT2D eigenvalue weighted by molar-refractivity contribution is 5.94. The van der Waals surface area contributed by atoms with Crippen LogP contribution in [0.25, 0.3) is 0 Å². The second-order valence-electron chi connectivity index (χ2n) is 6.46. The molecule has 1 N–H and O–H groups in total. The molecular weight excluding hydrogens is 300 g/mol. The number of carbonyl (C=O) groups excluding carboxylic acids is 1. The first-order valence-corrected chi connectivity index (χ1v) is 8.79. The maximum atomic E-state index is 12.2. The monoisotopic (exact) mass is 326 g/mol. The Kier molecular flexibility index (Phi) is 5.64. The lowest BCUT2D eigenvalue weighted by Gasteiger charge is -2.14. The number of nitrogens with one attached hydrogen (secondary N) is 1. The van der Waals surface area contributed by atoms with Gasteiger partial charge >= 0.3 is 0 Å². The molecule has 2 aromatic rings. The van der Waals surface area contributed by atoms with Crippen LogP contribution in [0.4, 0.5) is 0 Å². The van der Waals surface area contributed by atoms with E-state index in [1.807, 2.05) is 37.4 Å². The molecule has 1 aliphatic heterocycles. The van der Waals surface area contributed by atoms with Crippen LogP contribution in [0.15, 0.2) is 36.7 Å². The maximum Gasteiger partial charge on any atom is 0.251 e. The molecule has 1 amide bonds. The predicted octanol–water partition coefficient (Wildman–Crippen LogP) is 2.46. The third kappa shape index (κ3) is 4.45. The Labute approximate surface area is 143 Å². The molecular formula is C19H26N4O. The van der Waals surface area contributed by atoms with Crippen molar-refractivity contribution in [3.63, 3.8) is 0 Å². The summed E-state index contributed by atoms with van der Waals surface area (Å²) < 4.78 is 2.09. The zero-order valence-electron chi connectivity index (χ0n) is 14.4. The third-order valence-electron chi connectivity index (χ3n) is 4.63. The Morgan fingerprint density at radius 3 is 2.62 bits per heavy atom. The zero-order chi connectivity index (χ0) is 16.8. The molecule has 0 radical (unpaired) electrons. The third-order valence-corrected chi connectivity index (χ3v) is 4.63. The van der Waals surface area contributed by atoms with Crippen molar-refractivity contribution in [1.82, 2.24) is 19.8 Å². The van der Waals surface area contributed by atoms with Gasteiger partial charge in [0.25, 0.3) is 5.91 Å². The lowest BCUT2D eigenvalue weighted by atomic mass is 10.1. The number of amides is 1. The first kappa shape index (κ1) is 16.7. The SMILES string of the molecule is Cc1nccn1Cc1ccc(C(=O)NCCCN2CCCC2)cc1. The smallest absolute Gasteiger partial charge is 0.251 e. The van der Waals surface area contributed by atoms with Crippen molar-refractivity contribution in [2.24, 2.45) is 0 Å². The first-order chi connectivity index (χ1) is 11.7. The van der Waals surface area contributed by atoms with E-state index in [0.717, 1.165) is 37.4 Å². The van der Waals surface area contributed by atoms with Crippen molar-refractivity contribution in [1.29, 1.82) is 0 Å². The van der Waals surface area contributed by atoms with Gasteiger partial charge in [-0.3, -0.25) is 4.79 Å². The maximum absolute atomic E-state index is 12.2. The minimum absolute atomic E-state index is 0.0155. The summed E-state index contributed by atoms with van der Waals surface area (Å²) in [6.07, 6.45) is 7.42. The Balaban J connectivity index is 1.44. The summed E-state index contributed by atoms with van der Waals surface area (Å²) in [5.74, 6) is 1.01. The summed E-state index contributed by atoms with van der Waals surface area (Å²) in [6.45, 7) is 7.03. The second kappa shape index (κ2) is 8.11. The Morgan fingerprint density at radius 2 is 1.96 bits per heavy atom. The molecule has 3 rings (SSSR count). The Bertz CT molecular complexity index is 656. The van der Waals surface area contributed by atoms with E-state index in [4.69, 9.17) is 0 Å². The van der Waals surface area contributed by atoms with Crippen LogP contribution in [-0.2, 0) is 6.54 Å².